The Morgan fingerprint density at radius 1 is 1.13 bits per heavy atom. The zero-order valence-corrected chi connectivity index (χ0v) is 18.6. The van der Waals surface area contributed by atoms with Crippen molar-refractivity contribution in [3.05, 3.63) is 59.7 Å². The SMILES string of the molecule is CCc1ccc(N(CC(=O)NCCCN2CCCc3ccccc32)S(C)(=O)=O)cc1. The molecular weight excluding hydrogens is 398 g/mol. The number of para-hydroxylation sites is 1. The zero-order valence-electron chi connectivity index (χ0n) is 17.8. The molecule has 0 radical (unpaired) electrons. The van der Waals surface area contributed by atoms with Crippen LogP contribution in [0.1, 0.15) is 30.9 Å². The monoisotopic (exact) mass is 429 g/mol. The van der Waals surface area contributed by atoms with Gasteiger partial charge >= 0.3 is 0 Å². The molecule has 7 heteroatoms. The molecule has 0 bridgehead atoms. The lowest BCUT2D eigenvalue weighted by Crippen LogP contribution is -2.41. The highest BCUT2D eigenvalue weighted by Crippen LogP contribution is 2.26. The minimum atomic E-state index is -3.55. The number of hydrogen-bond donors (Lipinski definition) is 1. The minimum absolute atomic E-state index is 0.211. The molecule has 0 aliphatic carbocycles. The number of nitrogens with zero attached hydrogens (tertiary/aromatic N) is 2. The average molecular weight is 430 g/mol. The van der Waals surface area contributed by atoms with Gasteiger partial charge in [0.25, 0.3) is 0 Å². The Balaban J connectivity index is 1.51. The Kier molecular flexibility index (Phi) is 7.37. The highest BCUT2D eigenvalue weighted by molar-refractivity contribution is 7.92. The maximum Gasteiger partial charge on any atom is 0.240 e. The van der Waals surface area contributed by atoms with Gasteiger partial charge in [0, 0.05) is 25.3 Å². The third kappa shape index (κ3) is 5.75. The molecule has 0 atom stereocenters. The Labute approximate surface area is 179 Å². The van der Waals surface area contributed by atoms with Crippen LogP contribution in [0, 0.1) is 0 Å². The quantitative estimate of drug-likeness (QED) is 0.622. The molecule has 1 heterocycles. The predicted molar refractivity (Wildman–Crippen MR) is 123 cm³/mol. The lowest BCUT2D eigenvalue weighted by atomic mass is 10.0. The number of anilines is 2. The molecule has 30 heavy (non-hydrogen) atoms. The number of hydrogen-bond acceptors (Lipinski definition) is 4. The molecular formula is C23H31N3O3S. The Morgan fingerprint density at radius 2 is 1.87 bits per heavy atom. The standard InChI is InChI=1S/C23H31N3O3S/c1-3-19-11-13-21(14-12-19)26(30(2,28)29)18-23(27)24-15-7-17-25-16-6-9-20-8-4-5-10-22(20)25/h4-5,8,10-14H,3,6-7,9,15-18H2,1-2H3,(H,24,27). The maximum atomic E-state index is 12.4. The van der Waals surface area contributed by atoms with Gasteiger partial charge in [0.05, 0.1) is 11.9 Å². The van der Waals surface area contributed by atoms with Gasteiger partial charge in [0.1, 0.15) is 6.54 Å². The summed E-state index contributed by atoms with van der Waals surface area (Å²) < 4.78 is 25.6. The van der Waals surface area contributed by atoms with Crippen LogP contribution in [0.4, 0.5) is 11.4 Å². The van der Waals surface area contributed by atoms with Crippen LogP contribution in [0.25, 0.3) is 0 Å². The smallest absolute Gasteiger partial charge is 0.240 e. The molecule has 0 spiro atoms. The number of carbonyl (C=O) groups excluding carboxylic acids is 1. The van der Waals surface area contributed by atoms with Crippen LogP contribution in [0.2, 0.25) is 0 Å². The van der Waals surface area contributed by atoms with E-state index in [0.29, 0.717) is 12.2 Å². The molecule has 0 saturated heterocycles. The molecule has 1 amide bonds. The first-order chi connectivity index (χ1) is 14.4. The second-order valence-corrected chi connectivity index (χ2v) is 9.62. The summed E-state index contributed by atoms with van der Waals surface area (Å²) in [7, 11) is -3.55. The Bertz CT molecular complexity index is 958. The normalized spacial score (nSPS) is 13.6. The fourth-order valence-corrected chi connectivity index (χ4v) is 4.68. The van der Waals surface area contributed by atoms with E-state index in [2.05, 4.69) is 34.5 Å². The van der Waals surface area contributed by atoms with Crippen LogP contribution in [0.5, 0.6) is 0 Å². The van der Waals surface area contributed by atoms with Crippen molar-refractivity contribution in [2.24, 2.45) is 0 Å². The minimum Gasteiger partial charge on any atom is -0.371 e. The topological polar surface area (TPSA) is 69.7 Å². The first-order valence-electron chi connectivity index (χ1n) is 10.5. The van der Waals surface area contributed by atoms with E-state index in [1.807, 2.05) is 19.1 Å². The van der Waals surface area contributed by atoms with E-state index >= 15 is 0 Å². The van der Waals surface area contributed by atoms with Crippen molar-refractivity contribution in [2.75, 3.05) is 41.6 Å². The van der Waals surface area contributed by atoms with Crippen molar-refractivity contribution in [1.82, 2.24) is 5.32 Å². The molecule has 6 nitrogen and oxygen atoms in total. The number of amides is 1. The summed E-state index contributed by atoms with van der Waals surface area (Å²) in [5.41, 5.74) is 4.30. The van der Waals surface area contributed by atoms with E-state index in [0.717, 1.165) is 54.9 Å². The summed E-state index contributed by atoms with van der Waals surface area (Å²) in [6.45, 7) is 4.24. The lowest BCUT2D eigenvalue weighted by molar-refractivity contribution is -0.119. The zero-order chi connectivity index (χ0) is 21.6. The molecule has 3 rings (SSSR count). The van der Waals surface area contributed by atoms with E-state index < -0.39 is 10.0 Å². The fourth-order valence-electron chi connectivity index (χ4n) is 3.83. The maximum absolute atomic E-state index is 12.4. The summed E-state index contributed by atoms with van der Waals surface area (Å²) in [5, 5.41) is 2.87. The number of aryl methyl sites for hydroxylation is 2. The van der Waals surface area contributed by atoms with E-state index in [4.69, 9.17) is 0 Å². The van der Waals surface area contributed by atoms with Gasteiger partial charge < -0.3 is 10.2 Å². The van der Waals surface area contributed by atoms with Crippen molar-refractivity contribution < 1.29 is 13.2 Å². The first-order valence-corrected chi connectivity index (χ1v) is 12.4. The molecule has 1 aliphatic rings. The van der Waals surface area contributed by atoms with Crippen molar-refractivity contribution in [3.8, 4) is 0 Å². The lowest BCUT2D eigenvalue weighted by Gasteiger charge is -2.31. The van der Waals surface area contributed by atoms with Crippen molar-refractivity contribution in [1.29, 1.82) is 0 Å². The highest BCUT2D eigenvalue weighted by atomic mass is 32.2. The average Bonchev–Trinajstić information content (AvgIpc) is 2.74. The van der Waals surface area contributed by atoms with Crippen LogP contribution in [0.3, 0.4) is 0 Å². The van der Waals surface area contributed by atoms with Crippen LogP contribution < -0.4 is 14.5 Å². The summed E-state index contributed by atoms with van der Waals surface area (Å²) >= 11 is 0. The highest BCUT2D eigenvalue weighted by Gasteiger charge is 2.21. The summed E-state index contributed by atoms with van der Waals surface area (Å²) in [6.07, 6.45) is 5.07. The van der Waals surface area contributed by atoms with Crippen LogP contribution in [0.15, 0.2) is 48.5 Å². The number of nitrogens with one attached hydrogen (secondary N) is 1. The molecule has 0 unspecified atom stereocenters. The van der Waals surface area contributed by atoms with Gasteiger partial charge in [-0.1, -0.05) is 37.3 Å². The summed E-state index contributed by atoms with van der Waals surface area (Å²) in [4.78, 5) is 14.8. The van der Waals surface area contributed by atoms with Gasteiger partial charge in [0.15, 0.2) is 0 Å². The van der Waals surface area contributed by atoms with Gasteiger partial charge in [-0.05, 0) is 55.0 Å². The molecule has 0 saturated carbocycles. The third-order valence-corrected chi connectivity index (χ3v) is 6.59. The summed E-state index contributed by atoms with van der Waals surface area (Å²) in [5.74, 6) is -0.293. The van der Waals surface area contributed by atoms with Crippen LogP contribution >= 0.6 is 0 Å². The van der Waals surface area contributed by atoms with Gasteiger partial charge in [0.2, 0.25) is 15.9 Å². The van der Waals surface area contributed by atoms with Gasteiger partial charge in [-0.2, -0.15) is 0 Å². The van der Waals surface area contributed by atoms with E-state index in [1.54, 1.807) is 12.1 Å². The summed E-state index contributed by atoms with van der Waals surface area (Å²) in [6, 6.07) is 15.8. The fraction of sp³-hybridized carbons (Fsp3) is 0.435. The van der Waals surface area contributed by atoms with E-state index in [9.17, 15) is 13.2 Å². The van der Waals surface area contributed by atoms with Gasteiger partial charge in [-0.25, -0.2) is 8.42 Å². The molecule has 1 aliphatic heterocycles. The molecule has 0 fully saturated rings. The Morgan fingerprint density at radius 3 is 2.57 bits per heavy atom. The van der Waals surface area contributed by atoms with E-state index in [-0.39, 0.29) is 12.5 Å². The van der Waals surface area contributed by atoms with Crippen molar-refractivity contribution in [3.63, 3.8) is 0 Å². The Hall–Kier alpha value is -2.54. The van der Waals surface area contributed by atoms with Crippen molar-refractivity contribution >= 4 is 27.3 Å². The van der Waals surface area contributed by atoms with E-state index in [1.165, 1.54) is 11.3 Å². The second-order valence-electron chi connectivity index (χ2n) is 7.71. The number of rotatable bonds is 9. The van der Waals surface area contributed by atoms with Crippen molar-refractivity contribution in [2.45, 2.75) is 32.6 Å². The predicted octanol–water partition coefficient (Wildman–Crippen LogP) is 2.97. The first kappa shape index (κ1) is 22.2. The molecule has 0 aromatic heterocycles. The second kappa shape index (κ2) is 9.98. The van der Waals surface area contributed by atoms with Crippen LogP contribution in [-0.2, 0) is 27.7 Å². The molecule has 2 aromatic rings. The van der Waals surface area contributed by atoms with Gasteiger partial charge in [-0.3, -0.25) is 9.10 Å². The number of fused-ring (bicyclic) bond motifs is 1. The number of carbonyl (C=O) groups is 1. The number of benzene rings is 2. The third-order valence-electron chi connectivity index (χ3n) is 5.45. The molecule has 162 valence electrons. The van der Waals surface area contributed by atoms with Gasteiger partial charge in [-0.15, -0.1) is 0 Å². The molecule has 2 aromatic carbocycles. The molecule has 1 N–H and O–H groups in total. The van der Waals surface area contributed by atoms with Crippen LogP contribution in [-0.4, -0.2) is 46.8 Å². The largest absolute Gasteiger partial charge is 0.371 e. The number of sulfonamides is 1.